The molecular formula is C23H22F2N6O4S. The Kier molecular flexibility index (Phi) is 6.16. The van der Waals surface area contributed by atoms with Gasteiger partial charge in [0.1, 0.15) is 6.54 Å². The summed E-state index contributed by atoms with van der Waals surface area (Å²) in [6.07, 6.45) is 4.46. The van der Waals surface area contributed by atoms with Crippen LogP contribution in [0.2, 0.25) is 0 Å². The number of nitrogens with zero attached hydrogens (tertiary/aromatic N) is 5. The van der Waals surface area contributed by atoms with Crippen molar-refractivity contribution in [2.24, 2.45) is 20.0 Å². The van der Waals surface area contributed by atoms with Gasteiger partial charge in [0, 0.05) is 25.0 Å². The van der Waals surface area contributed by atoms with E-state index in [9.17, 15) is 23.2 Å². The SMILES string of the molecule is Cn1c(=O)c2c(cnn2CC(=O)Nc2nc(-c3cc(F)c(OCC4CCC4)c(F)c3)cs2)n(C)c1=O. The molecule has 1 aliphatic rings. The molecule has 1 amide bonds. The molecule has 0 spiro atoms. The monoisotopic (exact) mass is 516 g/mol. The van der Waals surface area contributed by atoms with Gasteiger partial charge < -0.3 is 10.1 Å². The Morgan fingerprint density at radius 1 is 1.19 bits per heavy atom. The van der Waals surface area contributed by atoms with E-state index in [1.165, 1.54) is 29.5 Å². The van der Waals surface area contributed by atoms with Gasteiger partial charge in [-0.3, -0.25) is 18.7 Å². The highest BCUT2D eigenvalue weighted by Gasteiger charge is 2.21. The third kappa shape index (κ3) is 4.30. The topological polar surface area (TPSA) is 113 Å². The smallest absolute Gasteiger partial charge is 0.331 e. The van der Waals surface area contributed by atoms with Crippen molar-refractivity contribution in [3.05, 3.63) is 56.2 Å². The fraction of sp³-hybridized carbons (Fsp3) is 0.348. The maximum absolute atomic E-state index is 14.5. The second kappa shape index (κ2) is 9.30. The summed E-state index contributed by atoms with van der Waals surface area (Å²) in [6, 6.07) is 2.30. The predicted molar refractivity (Wildman–Crippen MR) is 129 cm³/mol. The number of ether oxygens (including phenoxy) is 1. The molecule has 5 rings (SSSR count). The first-order valence-corrected chi connectivity index (χ1v) is 12.1. The molecule has 1 aliphatic carbocycles. The van der Waals surface area contributed by atoms with Crippen LogP contribution in [-0.2, 0) is 25.4 Å². The van der Waals surface area contributed by atoms with Crippen LogP contribution in [0.1, 0.15) is 19.3 Å². The van der Waals surface area contributed by atoms with Crippen LogP contribution in [0.3, 0.4) is 0 Å². The summed E-state index contributed by atoms with van der Waals surface area (Å²) >= 11 is 1.08. The lowest BCUT2D eigenvalue weighted by Gasteiger charge is -2.25. The Morgan fingerprint density at radius 3 is 2.58 bits per heavy atom. The molecule has 13 heteroatoms. The van der Waals surface area contributed by atoms with Crippen LogP contribution in [0.15, 0.2) is 33.3 Å². The summed E-state index contributed by atoms with van der Waals surface area (Å²) < 4.78 is 37.8. The third-order valence-electron chi connectivity index (χ3n) is 6.29. The van der Waals surface area contributed by atoms with Gasteiger partial charge in [-0.05, 0) is 30.9 Å². The number of fused-ring (bicyclic) bond motifs is 1. The Hall–Kier alpha value is -3.87. The molecule has 3 heterocycles. The molecule has 188 valence electrons. The van der Waals surface area contributed by atoms with E-state index in [2.05, 4.69) is 15.4 Å². The van der Waals surface area contributed by atoms with E-state index in [0.29, 0.717) is 11.4 Å². The van der Waals surface area contributed by atoms with E-state index in [-0.39, 0.29) is 35.1 Å². The molecule has 1 N–H and O–H groups in total. The second-order valence-electron chi connectivity index (χ2n) is 8.70. The van der Waals surface area contributed by atoms with Gasteiger partial charge in [0.05, 0.1) is 24.0 Å². The van der Waals surface area contributed by atoms with Crippen LogP contribution in [-0.4, -0.2) is 36.4 Å². The van der Waals surface area contributed by atoms with Gasteiger partial charge >= 0.3 is 5.69 Å². The molecule has 1 saturated carbocycles. The number of carbonyl (C=O) groups is 1. The molecular weight excluding hydrogens is 494 g/mol. The zero-order valence-electron chi connectivity index (χ0n) is 19.5. The number of aromatic nitrogens is 5. The minimum Gasteiger partial charge on any atom is -0.487 e. The van der Waals surface area contributed by atoms with Crippen LogP contribution >= 0.6 is 11.3 Å². The maximum atomic E-state index is 14.5. The minimum absolute atomic E-state index is 0.111. The maximum Gasteiger partial charge on any atom is 0.331 e. The van der Waals surface area contributed by atoms with E-state index in [4.69, 9.17) is 4.74 Å². The highest BCUT2D eigenvalue weighted by atomic mass is 32.1. The van der Waals surface area contributed by atoms with Crippen LogP contribution in [0.5, 0.6) is 5.75 Å². The summed E-state index contributed by atoms with van der Waals surface area (Å²) in [4.78, 5) is 41.5. The Bertz CT molecular complexity index is 1580. The van der Waals surface area contributed by atoms with Crippen molar-refractivity contribution in [3.63, 3.8) is 0 Å². The lowest BCUT2D eigenvalue weighted by Crippen LogP contribution is -2.37. The number of nitrogens with one attached hydrogen (secondary N) is 1. The number of amides is 1. The zero-order chi connectivity index (χ0) is 25.6. The van der Waals surface area contributed by atoms with Gasteiger partial charge in [0.2, 0.25) is 5.91 Å². The standard InChI is InChI=1S/C23H22F2N6O4S/c1-29-17-8-26-31(19(17)21(33)30(2)23(29)34)9-18(32)28-22-27-16(11-36-22)13-6-14(24)20(15(25)7-13)35-10-12-4-3-5-12/h6-8,11-12H,3-5,9-10H2,1-2H3,(H,27,28,32). The number of rotatable bonds is 7. The number of benzene rings is 1. The van der Waals surface area contributed by atoms with E-state index < -0.39 is 34.5 Å². The predicted octanol–water partition coefficient (Wildman–Crippen LogP) is 2.65. The lowest BCUT2D eigenvalue weighted by atomic mass is 9.86. The average Bonchev–Trinajstić information content (AvgIpc) is 3.44. The van der Waals surface area contributed by atoms with Crippen molar-refractivity contribution < 1.29 is 18.3 Å². The first-order chi connectivity index (χ1) is 17.2. The number of carbonyl (C=O) groups excluding carboxylic acids is 1. The van der Waals surface area contributed by atoms with Crippen LogP contribution < -0.4 is 21.3 Å². The zero-order valence-corrected chi connectivity index (χ0v) is 20.3. The van der Waals surface area contributed by atoms with Gasteiger partial charge in [0.25, 0.3) is 5.56 Å². The number of halogens is 2. The highest BCUT2D eigenvalue weighted by molar-refractivity contribution is 7.14. The van der Waals surface area contributed by atoms with Crippen molar-refractivity contribution in [1.29, 1.82) is 0 Å². The van der Waals surface area contributed by atoms with Crippen LogP contribution in [0.4, 0.5) is 13.9 Å². The molecule has 3 aromatic heterocycles. The molecule has 1 fully saturated rings. The van der Waals surface area contributed by atoms with Crippen LogP contribution in [0.25, 0.3) is 22.3 Å². The normalized spacial score (nSPS) is 13.7. The quantitative estimate of drug-likeness (QED) is 0.404. The van der Waals surface area contributed by atoms with E-state index in [0.717, 1.165) is 47.3 Å². The van der Waals surface area contributed by atoms with E-state index in [1.54, 1.807) is 5.38 Å². The molecule has 0 saturated heterocycles. The van der Waals surface area contributed by atoms with Crippen molar-refractivity contribution >= 4 is 33.4 Å². The Morgan fingerprint density at radius 2 is 1.92 bits per heavy atom. The van der Waals surface area contributed by atoms with Crippen molar-refractivity contribution in [1.82, 2.24) is 23.9 Å². The minimum atomic E-state index is -0.815. The first-order valence-electron chi connectivity index (χ1n) is 11.2. The molecule has 0 atom stereocenters. The molecule has 10 nitrogen and oxygen atoms in total. The van der Waals surface area contributed by atoms with Crippen molar-refractivity contribution in [2.45, 2.75) is 25.8 Å². The largest absolute Gasteiger partial charge is 0.487 e. The number of thiazole rings is 1. The molecule has 0 radical (unpaired) electrons. The van der Waals surface area contributed by atoms with Gasteiger partial charge in [-0.2, -0.15) is 5.10 Å². The lowest BCUT2D eigenvalue weighted by molar-refractivity contribution is -0.116. The summed E-state index contributed by atoms with van der Waals surface area (Å²) in [7, 11) is 2.85. The first kappa shape index (κ1) is 23.9. The van der Waals surface area contributed by atoms with Gasteiger partial charge in [0.15, 0.2) is 28.0 Å². The summed E-state index contributed by atoms with van der Waals surface area (Å²) in [5, 5.41) is 8.44. The average molecular weight is 517 g/mol. The fourth-order valence-corrected chi connectivity index (χ4v) is 4.74. The van der Waals surface area contributed by atoms with Crippen molar-refractivity contribution in [3.8, 4) is 17.0 Å². The van der Waals surface area contributed by atoms with E-state index >= 15 is 0 Å². The third-order valence-corrected chi connectivity index (χ3v) is 7.05. The Labute approximate surface area is 206 Å². The van der Waals surface area contributed by atoms with Gasteiger partial charge in [-0.1, -0.05) is 6.42 Å². The van der Waals surface area contributed by atoms with E-state index in [1.807, 2.05) is 0 Å². The summed E-state index contributed by atoms with van der Waals surface area (Å²) in [5.41, 5.74) is -0.166. The van der Waals surface area contributed by atoms with Crippen LogP contribution in [0, 0.1) is 17.6 Å². The molecule has 36 heavy (non-hydrogen) atoms. The number of anilines is 1. The van der Waals surface area contributed by atoms with Gasteiger partial charge in [-0.15, -0.1) is 11.3 Å². The number of hydrogen-bond donors (Lipinski definition) is 1. The summed E-state index contributed by atoms with van der Waals surface area (Å²) in [6.45, 7) is -0.0177. The fourth-order valence-electron chi connectivity index (χ4n) is 4.00. The van der Waals surface area contributed by atoms with Crippen molar-refractivity contribution in [2.75, 3.05) is 11.9 Å². The molecule has 0 aliphatic heterocycles. The number of aryl methyl sites for hydroxylation is 1. The highest BCUT2D eigenvalue weighted by Crippen LogP contribution is 2.33. The molecule has 1 aromatic carbocycles. The Balaban J connectivity index is 1.30. The van der Waals surface area contributed by atoms with Gasteiger partial charge in [-0.25, -0.2) is 23.2 Å². The molecule has 4 aromatic rings. The number of hydrogen-bond acceptors (Lipinski definition) is 7. The summed E-state index contributed by atoms with van der Waals surface area (Å²) in [5.74, 6) is -2.21. The molecule has 0 unspecified atom stereocenters. The molecule has 0 bridgehead atoms. The second-order valence-corrected chi connectivity index (χ2v) is 9.56.